The van der Waals surface area contributed by atoms with E-state index >= 15 is 0 Å². The van der Waals surface area contributed by atoms with Crippen LogP contribution in [0.25, 0.3) is 33.1 Å². The fraction of sp³-hybridized carbons (Fsp3) is 0.267. The SMILES string of the molecule is c1ccc2c(N3CCOc4ccc(-c5ccc6nc(C7CCCC7)[nH]c6c5)cc4C3)ccnc2c1. The number of hydrogen-bond acceptors (Lipinski definition) is 4. The minimum Gasteiger partial charge on any atom is -0.491 e. The molecular weight excluding hydrogens is 432 g/mol. The van der Waals surface area contributed by atoms with E-state index in [0.717, 1.165) is 41.2 Å². The number of aromatic nitrogens is 3. The van der Waals surface area contributed by atoms with Gasteiger partial charge in [-0.15, -0.1) is 0 Å². The van der Waals surface area contributed by atoms with E-state index in [9.17, 15) is 0 Å². The highest BCUT2D eigenvalue weighted by atomic mass is 16.5. The average Bonchev–Trinajstić information content (AvgIpc) is 3.53. The Kier molecular flexibility index (Phi) is 4.93. The molecule has 5 heteroatoms. The minimum atomic E-state index is 0.589. The third-order valence-corrected chi connectivity index (χ3v) is 7.58. The van der Waals surface area contributed by atoms with Crippen LogP contribution in [-0.4, -0.2) is 28.1 Å². The second kappa shape index (κ2) is 8.42. The fourth-order valence-corrected chi connectivity index (χ4v) is 5.74. The molecule has 2 aliphatic rings. The molecule has 1 saturated carbocycles. The van der Waals surface area contributed by atoms with E-state index in [-0.39, 0.29) is 0 Å². The Labute approximate surface area is 204 Å². The first-order chi connectivity index (χ1) is 17.3. The zero-order chi connectivity index (χ0) is 23.2. The van der Waals surface area contributed by atoms with Crippen molar-refractivity contribution in [1.82, 2.24) is 15.0 Å². The molecule has 0 atom stereocenters. The predicted molar refractivity (Wildman–Crippen MR) is 141 cm³/mol. The highest BCUT2D eigenvalue weighted by Gasteiger charge is 2.21. The van der Waals surface area contributed by atoms with Crippen molar-refractivity contribution in [3.8, 4) is 16.9 Å². The first kappa shape index (κ1) is 20.5. The van der Waals surface area contributed by atoms with E-state index in [4.69, 9.17) is 9.72 Å². The van der Waals surface area contributed by atoms with Gasteiger partial charge in [-0.2, -0.15) is 0 Å². The van der Waals surface area contributed by atoms with Gasteiger partial charge in [0.2, 0.25) is 0 Å². The lowest BCUT2D eigenvalue weighted by Gasteiger charge is -2.23. The van der Waals surface area contributed by atoms with E-state index in [2.05, 4.69) is 75.5 Å². The maximum absolute atomic E-state index is 6.16. The van der Waals surface area contributed by atoms with Crippen LogP contribution >= 0.6 is 0 Å². The number of aromatic amines is 1. The number of rotatable bonds is 3. The van der Waals surface area contributed by atoms with Crippen LogP contribution in [0.5, 0.6) is 5.75 Å². The molecule has 2 aromatic heterocycles. The van der Waals surface area contributed by atoms with Gasteiger partial charge in [-0.3, -0.25) is 4.98 Å². The Hall–Kier alpha value is -3.86. The van der Waals surface area contributed by atoms with Gasteiger partial charge in [0.1, 0.15) is 18.2 Å². The van der Waals surface area contributed by atoms with Crippen LogP contribution < -0.4 is 9.64 Å². The molecule has 0 bridgehead atoms. The Balaban J connectivity index is 1.23. The minimum absolute atomic E-state index is 0.589. The van der Waals surface area contributed by atoms with E-state index in [1.165, 1.54) is 53.4 Å². The second-order valence-electron chi connectivity index (χ2n) is 9.78. The molecule has 0 spiro atoms. The molecule has 35 heavy (non-hydrogen) atoms. The summed E-state index contributed by atoms with van der Waals surface area (Å²) in [5.41, 5.74) is 8.02. The molecule has 5 nitrogen and oxygen atoms in total. The van der Waals surface area contributed by atoms with Crippen molar-refractivity contribution in [2.45, 2.75) is 38.1 Å². The molecule has 0 unspecified atom stereocenters. The lowest BCUT2D eigenvalue weighted by Crippen LogP contribution is -2.25. The summed E-state index contributed by atoms with van der Waals surface area (Å²) in [5.74, 6) is 2.72. The van der Waals surface area contributed by atoms with Crippen LogP contribution in [-0.2, 0) is 6.54 Å². The molecule has 1 aliphatic heterocycles. The molecular formula is C30H28N4O. The smallest absolute Gasteiger partial charge is 0.124 e. The summed E-state index contributed by atoms with van der Waals surface area (Å²) in [6.07, 6.45) is 7.04. The molecule has 5 aromatic rings. The number of hydrogen-bond donors (Lipinski definition) is 1. The number of fused-ring (bicyclic) bond motifs is 3. The summed E-state index contributed by atoms with van der Waals surface area (Å²) in [5, 5.41) is 1.18. The first-order valence-electron chi connectivity index (χ1n) is 12.7. The molecule has 1 fully saturated rings. The number of nitrogens with one attached hydrogen (secondary N) is 1. The molecule has 7 rings (SSSR count). The third-order valence-electron chi connectivity index (χ3n) is 7.58. The molecule has 0 amide bonds. The van der Waals surface area contributed by atoms with E-state index in [1.807, 2.05) is 12.3 Å². The van der Waals surface area contributed by atoms with Gasteiger partial charge in [-0.25, -0.2) is 4.98 Å². The lowest BCUT2D eigenvalue weighted by molar-refractivity contribution is 0.332. The third kappa shape index (κ3) is 3.72. The predicted octanol–water partition coefficient (Wildman–Crippen LogP) is 6.83. The number of pyridine rings is 1. The Bertz CT molecular complexity index is 1530. The maximum atomic E-state index is 6.16. The van der Waals surface area contributed by atoms with Crippen LogP contribution in [0.2, 0.25) is 0 Å². The zero-order valence-electron chi connectivity index (χ0n) is 19.7. The number of imidazole rings is 1. The van der Waals surface area contributed by atoms with Gasteiger partial charge in [0.15, 0.2) is 0 Å². The van der Waals surface area contributed by atoms with Crippen LogP contribution in [0.1, 0.15) is 43.0 Å². The Morgan fingerprint density at radius 3 is 2.69 bits per heavy atom. The fourth-order valence-electron chi connectivity index (χ4n) is 5.74. The molecule has 3 aromatic carbocycles. The van der Waals surface area contributed by atoms with Gasteiger partial charge < -0.3 is 14.6 Å². The van der Waals surface area contributed by atoms with Crippen molar-refractivity contribution in [2.24, 2.45) is 0 Å². The van der Waals surface area contributed by atoms with Crippen molar-refractivity contribution in [1.29, 1.82) is 0 Å². The van der Waals surface area contributed by atoms with Crippen molar-refractivity contribution >= 4 is 27.6 Å². The summed E-state index contributed by atoms with van der Waals surface area (Å²) < 4.78 is 6.16. The van der Waals surface area contributed by atoms with Crippen LogP contribution in [0, 0.1) is 0 Å². The highest BCUT2D eigenvalue weighted by molar-refractivity contribution is 5.91. The molecule has 174 valence electrons. The topological polar surface area (TPSA) is 54.0 Å². The van der Waals surface area contributed by atoms with Crippen LogP contribution in [0.4, 0.5) is 5.69 Å². The Morgan fingerprint density at radius 1 is 0.886 bits per heavy atom. The number of ether oxygens (including phenoxy) is 1. The van der Waals surface area contributed by atoms with Crippen molar-refractivity contribution in [3.63, 3.8) is 0 Å². The molecule has 0 saturated heterocycles. The molecule has 3 heterocycles. The van der Waals surface area contributed by atoms with Gasteiger partial charge in [0.25, 0.3) is 0 Å². The van der Waals surface area contributed by atoms with Gasteiger partial charge in [-0.05, 0) is 60.4 Å². The second-order valence-corrected chi connectivity index (χ2v) is 9.78. The number of para-hydroxylation sites is 1. The summed E-state index contributed by atoms with van der Waals surface area (Å²) in [4.78, 5) is 15.5. The Morgan fingerprint density at radius 2 is 1.74 bits per heavy atom. The van der Waals surface area contributed by atoms with Gasteiger partial charge >= 0.3 is 0 Å². The number of anilines is 1. The standard InChI is InChI=1S/C30H28N4O/c1-2-6-20(5-1)30-32-26-11-9-22(18-27(26)33-30)21-10-12-29-23(17-21)19-34(15-16-35-29)28-13-14-31-25-8-4-3-7-24(25)28/h3-4,7-14,17-18,20H,1-2,5-6,15-16,19H2,(H,32,33). The number of nitrogens with zero attached hydrogens (tertiary/aromatic N) is 3. The van der Waals surface area contributed by atoms with E-state index in [1.54, 1.807) is 0 Å². The summed E-state index contributed by atoms with van der Waals surface area (Å²) in [7, 11) is 0. The van der Waals surface area contributed by atoms with Gasteiger partial charge in [0, 0.05) is 35.3 Å². The highest BCUT2D eigenvalue weighted by Crippen LogP contribution is 2.36. The zero-order valence-corrected chi connectivity index (χ0v) is 19.7. The number of H-pyrrole nitrogens is 1. The first-order valence-corrected chi connectivity index (χ1v) is 12.7. The number of benzene rings is 3. The molecule has 1 aliphatic carbocycles. The largest absolute Gasteiger partial charge is 0.491 e. The average molecular weight is 461 g/mol. The van der Waals surface area contributed by atoms with Crippen molar-refractivity contribution in [2.75, 3.05) is 18.1 Å². The van der Waals surface area contributed by atoms with E-state index < -0.39 is 0 Å². The summed E-state index contributed by atoms with van der Waals surface area (Å²) in [6.45, 7) is 2.30. The molecule has 1 N–H and O–H groups in total. The van der Waals surface area contributed by atoms with Crippen molar-refractivity contribution < 1.29 is 4.74 Å². The molecule has 0 radical (unpaired) electrons. The summed E-state index contributed by atoms with van der Waals surface area (Å²) in [6, 6.07) is 23.6. The quantitative estimate of drug-likeness (QED) is 0.320. The lowest BCUT2D eigenvalue weighted by atomic mass is 10.0. The van der Waals surface area contributed by atoms with E-state index in [0.29, 0.717) is 12.5 Å². The van der Waals surface area contributed by atoms with Gasteiger partial charge in [-0.1, -0.05) is 43.2 Å². The monoisotopic (exact) mass is 460 g/mol. The van der Waals surface area contributed by atoms with Gasteiger partial charge in [0.05, 0.1) is 23.1 Å². The maximum Gasteiger partial charge on any atom is 0.124 e. The van der Waals surface area contributed by atoms with Crippen LogP contribution in [0.3, 0.4) is 0 Å². The summed E-state index contributed by atoms with van der Waals surface area (Å²) >= 11 is 0. The normalized spacial score (nSPS) is 16.4. The van der Waals surface area contributed by atoms with Crippen LogP contribution in [0.15, 0.2) is 72.9 Å². The van der Waals surface area contributed by atoms with Crippen molar-refractivity contribution in [3.05, 3.63) is 84.3 Å².